The van der Waals surface area contributed by atoms with Gasteiger partial charge in [0.15, 0.2) is 0 Å². The molecule has 0 aliphatic carbocycles. The molecule has 0 aliphatic rings. The minimum atomic E-state index is 0.956. The van der Waals surface area contributed by atoms with Crippen LogP contribution in [0.5, 0.6) is 0 Å². The highest BCUT2D eigenvalue weighted by molar-refractivity contribution is 4.59. The zero-order valence-electron chi connectivity index (χ0n) is 25.0. The van der Waals surface area contributed by atoms with Crippen LogP contribution in [0, 0.1) is 11.8 Å². The summed E-state index contributed by atoms with van der Waals surface area (Å²) < 4.78 is 0. The van der Waals surface area contributed by atoms with E-state index in [1.54, 1.807) is 0 Å². The average Bonchev–Trinajstić information content (AvgIpc) is 2.83. The molecule has 34 heavy (non-hydrogen) atoms. The van der Waals surface area contributed by atoms with Crippen LogP contribution in [-0.4, -0.2) is 0 Å². The molecule has 0 heterocycles. The van der Waals surface area contributed by atoms with E-state index < -0.39 is 0 Å². The molecule has 0 bridgehead atoms. The second-order valence-electron chi connectivity index (χ2n) is 12.1. The van der Waals surface area contributed by atoms with Crippen LogP contribution in [0.4, 0.5) is 0 Å². The van der Waals surface area contributed by atoms with Crippen molar-refractivity contribution in [3.8, 4) is 0 Å². The SMILES string of the molecule is CCCCCCCCCCCCCCCCCCCCC(C)CCCC(C)CCCCCCC. The van der Waals surface area contributed by atoms with Crippen LogP contribution in [0.25, 0.3) is 0 Å². The second-order valence-corrected chi connectivity index (χ2v) is 12.1. The van der Waals surface area contributed by atoms with Crippen molar-refractivity contribution in [1.82, 2.24) is 0 Å². The Bertz CT molecular complexity index is 346. The van der Waals surface area contributed by atoms with Crippen LogP contribution in [-0.2, 0) is 0 Å². The third-order valence-electron chi connectivity index (χ3n) is 8.24. The van der Waals surface area contributed by atoms with E-state index in [4.69, 9.17) is 0 Å². The summed E-state index contributed by atoms with van der Waals surface area (Å²) in [6, 6.07) is 0. The van der Waals surface area contributed by atoms with Crippen molar-refractivity contribution in [2.75, 3.05) is 0 Å². The largest absolute Gasteiger partial charge is 0.0654 e. The lowest BCUT2D eigenvalue weighted by atomic mass is 9.92. The Balaban J connectivity index is 3.20. The van der Waals surface area contributed by atoms with Gasteiger partial charge < -0.3 is 0 Å². The third-order valence-corrected chi connectivity index (χ3v) is 8.24. The van der Waals surface area contributed by atoms with E-state index in [-0.39, 0.29) is 0 Å². The molecule has 0 amide bonds. The van der Waals surface area contributed by atoms with Gasteiger partial charge in [-0.3, -0.25) is 0 Å². The maximum absolute atomic E-state index is 2.50. The minimum Gasteiger partial charge on any atom is -0.0654 e. The molecular formula is C34H70. The molecular weight excluding hydrogens is 408 g/mol. The number of rotatable bonds is 29. The van der Waals surface area contributed by atoms with Crippen molar-refractivity contribution in [2.45, 2.75) is 207 Å². The normalized spacial score (nSPS) is 13.4. The highest BCUT2D eigenvalue weighted by Gasteiger charge is 2.06. The zero-order valence-corrected chi connectivity index (χ0v) is 25.0. The molecule has 0 saturated carbocycles. The smallest absolute Gasteiger partial charge is 0.0443 e. The summed E-state index contributed by atoms with van der Waals surface area (Å²) in [5.41, 5.74) is 0. The van der Waals surface area contributed by atoms with Crippen molar-refractivity contribution in [3.05, 3.63) is 0 Å². The summed E-state index contributed by atoms with van der Waals surface area (Å²) in [5, 5.41) is 0. The van der Waals surface area contributed by atoms with Crippen molar-refractivity contribution >= 4 is 0 Å². The van der Waals surface area contributed by atoms with Gasteiger partial charge in [0.1, 0.15) is 0 Å². The van der Waals surface area contributed by atoms with E-state index in [9.17, 15) is 0 Å². The molecule has 0 radical (unpaired) electrons. The van der Waals surface area contributed by atoms with Gasteiger partial charge in [-0.25, -0.2) is 0 Å². The van der Waals surface area contributed by atoms with Gasteiger partial charge in [-0.15, -0.1) is 0 Å². The van der Waals surface area contributed by atoms with Crippen LogP contribution < -0.4 is 0 Å². The van der Waals surface area contributed by atoms with Crippen molar-refractivity contribution in [3.63, 3.8) is 0 Å². The Kier molecular flexibility index (Phi) is 29.2. The van der Waals surface area contributed by atoms with Crippen LogP contribution in [0.2, 0.25) is 0 Å². The lowest BCUT2D eigenvalue weighted by Crippen LogP contribution is -1.99. The maximum Gasteiger partial charge on any atom is -0.0443 e. The maximum atomic E-state index is 2.50. The number of unbranched alkanes of at least 4 members (excludes halogenated alkanes) is 21. The van der Waals surface area contributed by atoms with Gasteiger partial charge in [0.05, 0.1) is 0 Å². The molecule has 206 valence electrons. The molecule has 0 aromatic carbocycles. The van der Waals surface area contributed by atoms with E-state index in [0.29, 0.717) is 0 Å². The predicted molar refractivity (Wildman–Crippen MR) is 159 cm³/mol. The lowest BCUT2D eigenvalue weighted by Gasteiger charge is -2.14. The monoisotopic (exact) mass is 479 g/mol. The first-order valence-electron chi connectivity index (χ1n) is 16.7. The van der Waals surface area contributed by atoms with Crippen LogP contribution >= 0.6 is 0 Å². The van der Waals surface area contributed by atoms with Crippen LogP contribution in [0.15, 0.2) is 0 Å². The molecule has 0 fully saturated rings. The number of hydrogen-bond acceptors (Lipinski definition) is 0. The molecule has 0 aromatic rings. The molecule has 0 saturated heterocycles. The average molecular weight is 479 g/mol. The van der Waals surface area contributed by atoms with Crippen molar-refractivity contribution < 1.29 is 0 Å². The summed E-state index contributed by atoms with van der Waals surface area (Å²) >= 11 is 0. The molecule has 0 rings (SSSR count). The molecule has 2 atom stereocenters. The van der Waals surface area contributed by atoms with E-state index in [2.05, 4.69) is 27.7 Å². The first-order valence-corrected chi connectivity index (χ1v) is 16.7. The fourth-order valence-electron chi connectivity index (χ4n) is 5.59. The standard InChI is InChI=1S/C34H70/c1-5-7-9-11-12-13-14-15-16-17-18-19-20-21-22-23-25-27-30-34(4)32-28-31-33(3)29-26-24-10-8-6-2/h33-34H,5-32H2,1-4H3. The summed E-state index contributed by atoms with van der Waals surface area (Å²) in [4.78, 5) is 0. The van der Waals surface area contributed by atoms with Gasteiger partial charge >= 0.3 is 0 Å². The Hall–Kier alpha value is 0. The number of hydrogen-bond donors (Lipinski definition) is 0. The van der Waals surface area contributed by atoms with Crippen molar-refractivity contribution in [1.29, 1.82) is 0 Å². The first kappa shape index (κ1) is 34.0. The van der Waals surface area contributed by atoms with Crippen LogP contribution in [0.1, 0.15) is 207 Å². The highest BCUT2D eigenvalue weighted by atomic mass is 14.1. The van der Waals surface area contributed by atoms with Gasteiger partial charge in [-0.1, -0.05) is 207 Å². The van der Waals surface area contributed by atoms with E-state index in [0.717, 1.165) is 11.8 Å². The molecule has 0 aromatic heterocycles. The van der Waals surface area contributed by atoms with Gasteiger partial charge in [0, 0.05) is 0 Å². The predicted octanol–water partition coefficient (Wildman–Crippen LogP) is 13.2. The van der Waals surface area contributed by atoms with Crippen molar-refractivity contribution in [2.24, 2.45) is 11.8 Å². The zero-order chi connectivity index (χ0) is 25.0. The molecule has 0 aliphatic heterocycles. The van der Waals surface area contributed by atoms with E-state index in [1.807, 2.05) is 0 Å². The quantitative estimate of drug-likeness (QED) is 0.0937. The van der Waals surface area contributed by atoms with Gasteiger partial charge in [0.2, 0.25) is 0 Å². The second kappa shape index (κ2) is 29.2. The molecule has 2 unspecified atom stereocenters. The Labute approximate surface area is 219 Å². The summed E-state index contributed by atoms with van der Waals surface area (Å²) in [5.74, 6) is 1.91. The van der Waals surface area contributed by atoms with Gasteiger partial charge in [-0.2, -0.15) is 0 Å². The van der Waals surface area contributed by atoms with Gasteiger partial charge in [-0.05, 0) is 11.8 Å². The highest BCUT2D eigenvalue weighted by Crippen LogP contribution is 2.22. The summed E-state index contributed by atoms with van der Waals surface area (Å²) in [6.07, 6.45) is 41.1. The first-order chi connectivity index (χ1) is 16.7. The molecule has 0 heteroatoms. The Morgan fingerprint density at radius 3 is 0.735 bits per heavy atom. The summed E-state index contributed by atoms with van der Waals surface area (Å²) in [6.45, 7) is 9.61. The molecule has 0 nitrogen and oxygen atoms in total. The fourth-order valence-corrected chi connectivity index (χ4v) is 5.59. The molecule has 0 spiro atoms. The minimum absolute atomic E-state index is 0.956. The Morgan fingerprint density at radius 1 is 0.265 bits per heavy atom. The Morgan fingerprint density at radius 2 is 0.471 bits per heavy atom. The third kappa shape index (κ3) is 28.2. The van der Waals surface area contributed by atoms with E-state index >= 15 is 0 Å². The molecule has 0 N–H and O–H groups in total. The topological polar surface area (TPSA) is 0 Å². The van der Waals surface area contributed by atoms with E-state index in [1.165, 1.54) is 180 Å². The summed E-state index contributed by atoms with van der Waals surface area (Å²) in [7, 11) is 0. The lowest BCUT2D eigenvalue weighted by molar-refractivity contribution is 0.391. The van der Waals surface area contributed by atoms with Crippen LogP contribution in [0.3, 0.4) is 0 Å². The fraction of sp³-hybridized carbons (Fsp3) is 1.00. The van der Waals surface area contributed by atoms with Gasteiger partial charge in [0.25, 0.3) is 0 Å².